The second-order valence-corrected chi connectivity index (χ2v) is 10.7. The van der Waals surface area contributed by atoms with Crippen molar-refractivity contribution in [1.29, 1.82) is 0 Å². The Morgan fingerprint density at radius 3 is 2.44 bits per heavy atom. The lowest BCUT2D eigenvalue weighted by Gasteiger charge is -2.22. The number of hydrazone groups is 1. The van der Waals surface area contributed by atoms with Crippen LogP contribution >= 0.6 is 12.4 Å². The number of aromatic nitrogens is 2. The molecule has 5 aromatic rings. The van der Waals surface area contributed by atoms with Crippen molar-refractivity contribution in [2.45, 2.75) is 32.3 Å². The summed E-state index contributed by atoms with van der Waals surface area (Å²) in [6.07, 6.45) is 4.80. The van der Waals surface area contributed by atoms with Crippen LogP contribution in [-0.2, 0) is 24.9 Å². The first-order valence-electron chi connectivity index (χ1n) is 13.8. The fraction of sp³-hybridized carbons (Fsp3) is 0.250. The van der Waals surface area contributed by atoms with Crippen molar-refractivity contribution in [2.24, 2.45) is 18.1 Å². The highest BCUT2D eigenvalue weighted by atomic mass is 35.5. The average molecular weight is 569 g/mol. The molecule has 8 nitrogen and oxygen atoms in total. The molecule has 210 valence electrons. The molecule has 2 atom stereocenters. The Morgan fingerprint density at radius 2 is 1.63 bits per heavy atom. The summed E-state index contributed by atoms with van der Waals surface area (Å²) < 4.78 is 4.29. The first-order valence-corrected chi connectivity index (χ1v) is 13.8. The molecule has 2 N–H and O–H groups in total. The van der Waals surface area contributed by atoms with E-state index >= 15 is 0 Å². The van der Waals surface area contributed by atoms with Gasteiger partial charge in [-0.25, -0.2) is 0 Å². The van der Waals surface area contributed by atoms with Crippen LogP contribution in [0, 0.1) is 5.92 Å². The summed E-state index contributed by atoms with van der Waals surface area (Å²) in [5.41, 5.74) is 8.04. The zero-order valence-corrected chi connectivity index (χ0v) is 23.7. The number of anilines is 1. The summed E-state index contributed by atoms with van der Waals surface area (Å²) in [6, 6.07) is 26.6. The maximum absolute atomic E-state index is 13.2. The Bertz CT molecular complexity index is 1740. The third-order valence-electron chi connectivity index (χ3n) is 8.27. The van der Waals surface area contributed by atoms with Gasteiger partial charge in [0.2, 0.25) is 12.3 Å². The molecule has 1 saturated heterocycles. The Hall–Kier alpha value is -4.27. The molecule has 2 unspecified atom stereocenters. The van der Waals surface area contributed by atoms with Gasteiger partial charge in [-0.1, -0.05) is 66.7 Å². The zero-order chi connectivity index (χ0) is 27.2. The molecule has 4 heterocycles. The van der Waals surface area contributed by atoms with Crippen LogP contribution in [0.3, 0.4) is 0 Å². The highest BCUT2D eigenvalue weighted by Gasteiger charge is 2.34. The first-order chi connectivity index (χ1) is 19.6. The molecule has 41 heavy (non-hydrogen) atoms. The van der Waals surface area contributed by atoms with Crippen LogP contribution in [0.4, 0.5) is 5.69 Å². The summed E-state index contributed by atoms with van der Waals surface area (Å²) in [4.78, 5) is 17.1. The molecule has 0 radical (unpaired) electrons. The molecule has 0 spiro atoms. The Labute approximate surface area is 244 Å². The van der Waals surface area contributed by atoms with E-state index in [0.717, 1.165) is 52.4 Å². The maximum Gasteiger partial charge on any atom is 0.226 e. The fourth-order valence-electron chi connectivity index (χ4n) is 6.23. The van der Waals surface area contributed by atoms with Crippen LogP contribution in [0.1, 0.15) is 24.0 Å². The number of nitrogens with zero attached hydrogens (tertiary/aromatic N) is 5. The van der Waals surface area contributed by atoms with Crippen molar-refractivity contribution in [3.05, 3.63) is 102 Å². The number of halogens is 1. The highest BCUT2D eigenvalue weighted by Crippen LogP contribution is 2.35. The van der Waals surface area contributed by atoms with Crippen LogP contribution in [0.25, 0.3) is 21.8 Å². The molecule has 2 aliphatic heterocycles. The van der Waals surface area contributed by atoms with E-state index in [1.165, 1.54) is 5.56 Å². The molecule has 1 fully saturated rings. The van der Waals surface area contributed by atoms with E-state index in [9.17, 15) is 9.90 Å². The van der Waals surface area contributed by atoms with Crippen LogP contribution < -0.4 is 10.3 Å². The van der Waals surface area contributed by atoms with Crippen molar-refractivity contribution in [2.75, 3.05) is 11.4 Å². The average Bonchev–Trinajstić information content (AvgIpc) is 3.73. The first kappa shape index (κ1) is 26.9. The predicted octanol–water partition coefficient (Wildman–Crippen LogP) is 5.04. The minimum Gasteiger partial charge on any atom is -0.355 e. The van der Waals surface area contributed by atoms with E-state index in [0.29, 0.717) is 18.9 Å². The van der Waals surface area contributed by atoms with Crippen LogP contribution in [0.2, 0.25) is 0 Å². The van der Waals surface area contributed by atoms with Gasteiger partial charge in [0, 0.05) is 66.8 Å². The van der Waals surface area contributed by atoms with Crippen molar-refractivity contribution in [3.8, 4) is 0 Å². The molecule has 0 aliphatic carbocycles. The number of aliphatic hydroxyl groups is 1. The predicted molar refractivity (Wildman–Crippen MR) is 165 cm³/mol. The number of hydrogen-bond acceptors (Lipinski definition) is 5. The number of aryl methyl sites for hydroxylation is 2. The number of carbonyl (C=O) groups is 1. The molecule has 7 rings (SSSR count). The quantitative estimate of drug-likeness (QED) is 0.288. The number of nitrogens with one attached hydrogen (secondary N) is 1. The van der Waals surface area contributed by atoms with E-state index < -0.39 is 6.35 Å². The minimum atomic E-state index is -0.990. The second kappa shape index (κ2) is 11.0. The van der Waals surface area contributed by atoms with Gasteiger partial charge in [-0.2, -0.15) is 5.10 Å². The van der Waals surface area contributed by atoms with Crippen LogP contribution in [-0.4, -0.2) is 43.8 Å². The summed E-state index contributed by atoms with van der Waals surface area (Å²) in [5.74, 6) is 0.931. The van der Waals surface area contributed by atoms with Gasteiger partial charge in [-0.15, -0.1) is 12.4 Å². The summed E-state index contributed by atoms with van der Waals surface area (Å²) in [6.45, 7) is 2.18. The van der Waals surface area contributed by atoms with E-state index in [1.807, 2.05) is 59.3 Å². The molecule has 1 amide bonds. The minimum absolute atomic E-state index is 0. The monoisotopic (exact) mass is 568 g/mol. The number of amides is 1. The zero-order valence-electron chi connectivity index (χ0n) is 22.9. The summed E-state index contributed by atoms with van der Waals surface area (Å²) >= 11 is 0. The number of amidine groups is 1. The Kier molecular flexibility index (Phi) is 7.19. The van der Waals surface area contributed by atoms with Crippen molar-refractivity contribution in [1.82, 2.24) is 19.5 Å². The highest BCUT2D eigenvalue weighted by molar-refractivity contribution is 6.20. The Balaban J connectivity index is 0.00000302. The number of hydrogen-bond donors (Lipinski definition) is 2. The van der Waals surface area contributed by atoms with Crippen molar-refractivity contribution >= 4 is 51.6 Å². The van der Waals surface area contributed by atoms with Gasteiger partial charge in [-0.3, -0.25) is 15.1 Å². The Morgan fingerprint density at radius 1 is 0.927 bits per heavy atom. The summed E-state index contributed by atoms with van der Waals surface area (Å²) in [5, 5.41) is 17.7. The van der Waals surface area contributed by atoms with Gasteiger partial charge in [0.05, 0.1) is 11.2 Å². The smallest absolute Gasteiger partial charge is 0.226 e. The number of fused-ring (bicyclic) bond motifs is 2. The molecular formula is C32H33ClN6O2. The van der Waals surface area contributed by atoms with Gasteiger partial charge in [0.1, 0.15) is 0 Å². The van der Waals surface area contributed by atoms with Crippen LogP contribution in [0.5, 0.6) is 0 Å². The number of carbonyl (C=O) groups excluding carboxylic acids is 1. The van der Waals surface area contributed by atoms with Gasteiger partial charge >= 0.3 is 0 Å². The van der Waals surface area contributed by atoms with Gasteiger partial charge < -0.3 is 19.1 Å². The van der Waals surface area contributed by atoms with E-state index in [2.05, 4.69) is 68.5 Å². The molecule has 0 bridgehead atoms. The third-order valence-corrected chi connectivity index (χ3v) is 8.27. The lowest BCUT2D eigenvalue weighted by Crippen LogP contribution is -2.40. The van der Waals surface area contributed by atoms with Gasteiger partial charge in [0.15, 0.2) is 5.84 Å². The third kappa shape index (κ3) is 4.73. The fourth-order valence-corrected chi connectivity index (χ4v) is 6.23. The number of para-hydroxylation sites is 2. The van der Waals surface area contributed by atoms with Gasteiger partial charge in [-0.05, 0) is 30.5 Å². The number of rotatable bonds is 7. The molecule has 9 heteroatoms. The number of likely N-dealkylation sites (tertiary alicyclic amines) is 1. The molecule has 2 aliphatic rings. The normalized spacial score (nSPS) is 18.7. The molecule has 0 saturated carbocycles. The standard InChI is InChI=1S/C32H32N6O2.ClH/c1-35-20-26(24-11-5-7-13-27(24)35)30-33-34-32(40)38(30)29-21-36(28-14-8-6-12-25(28)29)17-15-23-16-18-37(31(23)39)19-22-9-3-2-4-10-22;/h2-14,20-21,23,32,34,40H,15-19H2,1H3;1H. The number of benzene rings is 3. The molecule has 3 aromatic carbocycles. The van der Waals surface area contributed by atoms with Gasteiger partial charge in [0.25, 0.3) is 0 Å². The second-order valence-electron chi connectivity index (χ2n) is 10.7. The lowest BCUT2D eigenvalue weighted by atomic mass is 10.0. The number of aliphatic hydroxyl groups excluding tert-OH is 1. The van der Waals surface area contributed by atoms with E-state index in [-0.39, 0.29) is 24.2 Å². The van der Waals surface area contributed by atoms with E-state index in [1.54, 1.807) is 0 Å². The SMILES string of the molecule is Cl.Cn1cc(C2=NNC(O)N2c2cn(CCC3CCN(Cc4ccccc4)C3=O)c3ccccc23)c2ccccc21. The summed E-state index contributed by atoms with van der Waals surface area (Å²) in [7, 11) is 2.02. The lowest BCUT2D eigenvalue weighted by molar-refractivity contribution is -0.131. The largest absolute Gasteiger partial charge is 0.355 e. The topological polar surface area (TPSA) is 78.0 Å². The van der Waals surface area contributed by atoms with Crippen molar-refractivity contribution < 1.29 is 9.90 Å². The molecular weight excluding hydrogens is 536 g/mol. The van der Waals surface area contributed by atoms with Crippen molar-refractivity contribution in [3.63, 3.8) is 0 Å². The maximum atomic E-state index is 13.2. The molecule has 2 aromatic heterocycles. The van der Waals surface area contributed by atoms with Crippen LogP contribution in [0.15, 0.2) is 96.4 Å². The van der Waals surface area contributed by atoms with E-state index in [4.69, 9.17) is 0 Å².